The molecule has 0 bridgehead atoms. The average Bonchev–Trinajstić information content (AvgIpc) is 2.85. The Bertz CT molecular complexity index is 750. The van der Waals surface area contributed by atoms with E-state index in [-0.39, 0.29) is 6.10 Å². The van der Waals surface area contributed by atoms with Crippen molar-refractivity contribution in [3.05, 3.63) is 58.9 Å². The van der Waals surface area contributed by atoms with Crippen molar-refractivity contribution in [2.24, 2.45) is 0 Å². The van der Waals surface area contributed by atoms with Crippen LogP contribution in [0.5, 0.6) is 5.75 Å². The number of benzene rings is 2. The predicted octanol–water partition coefficient (Wildman–Crippen LogP) is 4.63. The van der Waals surface area contributed by atoms with Crippen molar-refractivity contribution < 1.29 is 4.74 Å². The lowest BCUT2D eigenvalue weighted by Gasteiger charge is -2.14. The van der Waals surface area contributed by atoms with Gasteiger partial charge in [-0.05, 0) is 62.6 Å². The maximum absolute atomic E-state index is 6.03. The zero-order valence-electron chi connectivity index (χ0n) is 12.9. The van der Waals surface area contributed by atoms with Crippen LogP contribution in [0.15, 0.2) is 36.4 Å². The van der Waals surface area contributed by atoms with Gasteiger partial charge in [0.25, 0.3) is 0 Å². The van der Waals surface area contributed by atoms with Gasteiger partial charge in [0.05, 0.1) is 11.0 Å². The first kappa shape index (κ1) is 13.7. The summed E-state index contributed by atoms with van der Waals surface area (Å²) >= 11 is 0. The van der Waals surface area contributed by atoms with Crippen LogP contribution in [0.4, 0.5) is 0 Å². The highest BCUT2D eigenvalue weighted by Gasteiger charge is 2.14. The van der Waals surface area contributed by atoms with Gasteiger partial charge in [-0.25, -0.2) is 4.98 Å². The third-order valence-electron chi connectivity index (χ3n) is 3.90. The maximum atomic E-state index is 6.03. The van der Waals surface area contributed by atoms with Crippen LogP contribution in [0.2, 0.25) is 0 Å². The van der Waals surface area contributed by atoms with Gasteiger partial charge in [0, 0.05) is 0 Å². The molecule has 0 amide bonds. The summed E-state index contributed by atoms with van der Waals surface area (Å²) in [5.41, 5.74) is 5.71. The van der Waals surface area contributed by atoms with Crippen molar-refractivity contribution in [2.75, 3.05) is 0 Å². The van der Waals surface area contributed by atoms with Crippen LogP contribution in [-0.2, 0) is 0 Å². The number of rotatable bonds is 3. The normalized spacial score (nSPS) is 12.6. The minimum atomic E-state index is -0.112. The number of ether oxygens (including phenoxy) is 1. The van der Waals surface area contributed by atoms with Gasteiger partial charge in [-0.2, -0.15) is 0 Å². The van der Waals surface area contributed by atoms with E-state index in [2.05, 4.69) is 35.9 Å². The predicted molar refractivity (Wildman–Crippen MR) is 85.8 cm³/mol. The highest BCUT2D eigenvalue weighted by molar-refractivity contribution is 5.77. The number of hydrogen-bond donors (Lipinski definition) is 1. The first-order chi connectivity index (χ1) is 10.0. The monoisotopic (exact) mass is 280 g/mol. The molecule has 3 heteroatoms. The summed E-state index contributed by atoms with van der Waals surface area (Å²) in [5, 5.41) is 0. The Morgan fingerprint density at radius 1 is 1.00 bits per heavy atom. The molecule has 1 heterocycles. The van der Waals surface area contributed by atoms with Gasteiger partial charge in [-0.15, -0.1) is 0 Å². The summed E-state index contributed by atoms with van der Waals surface area (Å²) in [7, 11) is 0. The summed E-state index contributed by atoms with van der Waals surface area (Å²) < 4.78 is 6.03. The molecule has 0 aliphatic rings. The van der Waals surface area contributed by atoms with E-state index in [1.165, 1.54) is 11.1 Å². The fraction of sp³-hybridized carbons (Fsp3) is 0.278. The molecule has 0 aliphatic heterocycles. The van der Waals surface area contributed by atoms with Crippen molar-refractivity contribution in [1.82, 2.24) is 9.97 Å². The summed E-state index contributed by atoms with van der Waals surface area (Å²) in [6.45, 7) is 8.29. The van der Waals surface area contributed by atoms with Crippen LogP contribution >= 0.6 is 0 Å². The number of nitrogens with zero attached hydrogens (tertiary/aromatic N) is 1. The highest BCUT2D eigenvalue weighted by Crippen LogP contribution is 2.25. The van der Waals surface area contributed by atoms with Crippen molar-refractivity contribution in [3.8, 4) is 5.75 Å². The maximum Gasteiger partial charge on any atom is 0.153 e. The van der Waals surface area contributed by atoms with E-state index in [0.717, 1.165) is 28.2 Å². The number of para-hydroxylation sites is 1. The molecule has 1 unspecified atom stereocenters. The van der Waals surface area contributed by atoms with Gasteiger partial charge in [-0.1, -0.05) is 18.2 Å². The number of aryl methyl sites for hydroxylation is 3. The van der Waals surface area contributed by atoms with Gasteiger partial charge >= 0.3 is 0 Å². The molecule has 0 fully saturated rings. The first-order valence-corrected chi connectivity index (χ1v) is 7.24. The number of imidazole rings is 1. The Labute approximate surface area is 125 Å². The minimum Gasteiger partial charge on any atom is -0.483 e. The Morgan fingerprint density at radius 3 is 2.48 bits per heavy atom. The van der Waals surface area contributed by atoms with Gasteiger partial charge in [0.1, 0.15) is 11.6 Å². The zero-order chi connectivity index (χ0) is 15.0. The Balaban J connectivity index is 1.91. The van der Waals surface area contributed by atoms with Crippen molar-refractivity contribution in [1.29, 1.82) is 0 Å². The number of aromatic amines is 1. The lowest BCUT2D eigenvalue weighted by Crippen LogP contribution is -2.05. The molecule has 1 aromatic heterocycles. The van der Waals surface area contributed by atoms with Crippen molar-refractivity contribution in [3.63, 3.8) is 0 Å². The number of aromatic nitrogens is 2. The number of fused-ring (bicyclic) bond motifs is 1. The SMILES string of the molecule is Cc1cc2nc(C(C)Oc3ccccc3C)[nH]c2cc1C. The molecular formula is C18H20N2O. The van der Waals surface area contributed by atoms with Crippen molar-refractivity contribution >= 4 is 11.0 Å². The summed E-state index contributed by atoms with van der Waals surface area (Å²) in [6.07, 6.45) is -0.112. The minimum absolute atomic E-state index is 0.112. The molecule has 3 nitrogen and oxygen atoms in total. The summed E-state index contributed by atoms with van der Waals surface area (Å²) in [6, 6.07) is 12.3. The molecule has 1 atom stereocenters. The highest BCUT2D eigenvalue weighted by atomic mass is 16.5. The number of H-pyrrole nitrogens is 1. The largest absolute Gasteiger partial charge is 0.483 e. The van der Waals surface area contributed by atoms with E-state index >= 15 is 0 Å². The summed E-state index contributed by atoms with van der Waals surface area (Å²) in [5.74, 6) is 1.76. The van der Waals surface area contributed by atoms with E-state index in [4.69, 9.17) is 4.74 Å². The second-order valence-corrected chi connectivity index (χ2v) is 5.60. The fourth-order valence-corrected chi connectivity index (χ4v) is 2.42. The zero-order valence-corrected chi connectivity index (χ0v) is 12.9. The van der Waals surface area contributed by atoms with Gasteiger partial charge < -0.3 is 9.72 Å². The quantitative estimate of drug-likeness (QED) is 0.759. The molecule has 0 radical (unpaired) electrons. The Morgan fingerprint density at radius 2 is 1.71 bits per heavy atom. The van der Waals surface area contributed by atoms with Gasteiger partial charge in [0.15, 0.2) is 6.10 Å². The molecule has 2 aromatic carbocycles. The van der Waals surface area contributed by atoms with Crippen LogP contribution in [0.1, 0.15) is 35.5 Å². The van der Waals surface area contributed by atoms with E-state index in [0.29, 0.717) is 0 Å². The molecule has 0 saturated carbocycles. The van der Waals surface area contributed by atoms with Crippen molar-refractivity contribution in [2.45, 2.75) is 33.8 Å². The standard InChI is InChI=1S/C18H20N2O/c1-11-7-5-6-8-17(11)21-14(4)18-19-15-9-12(2)13(3)10-16(15)20-18/h5-10,14H,1-4H3,(H,19,20). The first-order valence-electron chi connectivity index (χ1n) is 7.24. The average molecular weight is 280 g/mol. The molecule has 0 saturated heterocycles. The lowest BCUT2D eigenvalue weighted by atomic mass is 10.1. The van der Waals surface area contributed by atoms with E-state index in [1.54, 1.807) is 0 Å². The van der Waals surface area contributed by atoms with E-state index in [9.17, 15) is 0 Å². The van der Waals surface area contributed by atoms with Crippen LogP contribution in [0, 0.1) is 20.8 Å². The molecule has 21 heavy (non-hydrogen) atoms. The third kappa shape index (κ3) is 2.64. The molecule has 0 spiro atoms. The Kier molecular flexibility index (Phi) is 3.42. The van der Waals surface area contributed by atoms with Gasteiger partial charge in [-0.3, -0.25) is 0 Å². The van der Waals surface area contributed by atoms with Crippen LogP contribution < -0.4 is 4.74 Å². The second-order valence-electron chi connectivity index (χ2n) is 5.60. The number of hydrogen-bond acceptors (Lipinski definition) is 2. The van der Waals surface area contributed by atoms with Crippen LogP contribution in [0.25, 0.3) is 11.0 Å². The molecule has 108 valence electrons. The molecular weight excluding hydrogens is 260 g/mol. The third-order valence-corrected chi connectivity index (χ3v) is 3.90. The topological polar surface area (TPSA) is 37.9 Å². The number of nitrogens with one attached hydrogen (secondary N) is 1. The molecule has 0 aliphatic carbocycles. The van der Waals surface area contributed by atoms with E-state index in [1.807, 2.05) is 38.1 Å². The molecule has 3 aromatic rings. The Hall–Kier alpha value is -2.29. The second kappa shape index (κ2) is 5.24. The molecule has 3 rings (SSSR count). The smallest absolute Gasteiger partial charge is 0.153 e. The molecule has 1 N–H and O–H groups in total. The fourth-order valence-electron chi connectivity index (χ4n) is 2.42. The van der Waals surface area contributed by atoms with Crippen LogP contribution in [0.3, 0.4) is 0 Å². The summed E-state index contributed by atoms with van der Waals surface area (Å²) in [4.78, 5) is 8.03. The van der Waals surface area contributed by atoms with E-state index < -0.39 is 0 Å². The van der Waals surface area contributed by atoms with Gasteiger partial charge in [0.2, 0.25) is 0 Å². The lowest BCUT2D eigenvalue weighted by molar-refractivity contribution is 0.216. The van der Waals surface area contributed by atoms with Crippen LogP contribution in [-0.4, -0.2) is 9.97 Å².